The quantitative estimate of drug-likeness (QED) is 0.871. The SMILES string of the molecule is CCNc1ccc(C(=O)NCC2CCC2)cc1C(F)(F)F. The van der Waals surface area contributed by atoms with Crippen molar-refractivity contribution < 1.29 is 18.0 Å². The Kier molecular flexibility index (Phi) is 4.75. The summed E-state index contributed by atoms with van der Waals surface area (Å²) in [6, 6.07) is 3.64. The minimum atomic E-state index is -4.48. The molecule has 1 fully saturated rings. The van der Waals surface area contributed by atoms with Crippen molar-refractivity contribution in [3.05, 3.63) is 29.3 Å². The average molecular weight is 300 g/mol. The molecule has 1 aliphatic rings. The molecule has 6 heteroatoms. The van der Waals surface area contributed by atoms with E-state index in [0.29, 0.717) is 19.0 Å². The molecule has 0 aromatic heterocycles. The molecule has 1 amide bonds. The van der Waals surface area contributed by atoms with E-state index in [1.165, 1.54) is 12.1 Å². The summed E-state index contributed by atoms with van der Waals surface area (Å²) in [5.74, 6) is 0.0208. The Morgan fingerprint density at radius 3 is 2.57 bits per heavy atom. The van der Waals surface area contributed by atoms with Crippen LogP contribution in [0.1, 0.15) is 42.1 Å². The topological polar surface area (TPSA) is 41.1 Å². The summed E-state index contributed by atoms with van der Waals surface area (Å²) in [5, 5.41) is 5.37. The van der Waals surface area contributed by atoms with Gasteiger partial charge in [-0.05, 0) is 43.9 Å². The van der Waals surface area contributed by atoms with Crippen molar-refractivity contribution >= 4 is 11.6 Å². The summed E-state index contributed by atoms with van der Waals surface area (Å²) in [7, 11) is 0. The molecular formula is C15H19F3N2O. The number of hydrogen-bond donors (Lipinski definition) is 2. The fraction of sp³-hybridized carbons (Fsp3) is 0.533. The third-order valence-electron chi connectivity index (χ3n) is 3.73. The Bertz CT molecular complexity index is 510. The molecule has 0 unspecified atom stereocenters. The van der Waals surface area contributed by atoms with Gasteiger partial charge in [0.05, 0.1) is 5.56 Å². The van der Waals surface area contributed by atoms with Crippen molar-refractivity contribution in [1.29, 1.82) is 0 Å². The molecule has 1 aromatic carbocycles. The second-order valence-corrected chi connectivity index (χ2v) is 5.30. The van der Waals surface area contributed by atoms with Crippen molar-refractivity contribution in [1.82, 2.24) is 5.32 Å². The van der Waals surface area contributed by atoms with Gasteiger partial charge in [-0.2, -0.15) is 13.2 Å². The lowest BCUT2D eigenvalue weighted by atomic mass is 9.85. The Hall–Kier alpha value is -1.72. The van der Waals surface area contributed by atoms with E-state index in [4.69, 9.17) is 0 Å². The number of carbonyl (C=O) groups excluding carboxylic acids is 1. The molecule has 2 N–H and O–H groups in total. The number of halogens is 3. The lowest BCUT2D eigenvalue weighted by Crippen LogP contribution is -2.32. The average Bonchev–Trinajstić information content (AvgIpc) is 2.36. The molecule has 0 radical (unpaired) electrons. The highest BCUT2D eigenvalue weighted by atomic mass is 19.4. The molecule has 0 bridgehead atoms. The van der Waals surface area contributed by atoms with Crippen molar-refractivity contribution in [3.63, 3.8) is 0 Å². The fourth-order valence-corrected chi connectivity index (χ4v) is 2.30. The molecule has 21 heavy (non-hydrogen) atoms. The molecule has 1 aliphatic carbocycles. The predicted molar refractivity (Wildman–Crippen MR) is 75.3 cm³/mol. The monoisotopic (exact) mass is 300 g/mol. The summed E-state index contributed by atoms with van der Waals surface area (Å²) in [5.41, 5.74) is -0.760. The van der Waals surface area contributed by atoms with Gasteiger partial charge in [-0.3, -0.25) is 4.79 Å². The van der Waals surface area contributed by atoms with Crippen molar-refractivity contribution in [2.75, 3.05) is 18.4 Å². The number of nitrogens with one attached hydrogen (secondary N) is 2. The van der Waals surface area contributed by atoms with Gasteiger partial charge in [0.15, 0.2) is 0 Å². The Morgan fingerprint density at radius 1 is 1.33 bits per heavy atom. The van der Waals surface area contributed by atoms with Crippen LogP contribution in [0.2, 0.25) is 0 Å². The zero-order valence-corrected chi connectivity index (χ0v) is 11.9. The molecule has 0 spiro atoms. The Balaban J connectivity index is 2.13. The molecule has 0 heterocycles. The third-order valence-corrected chi connectivity index (χ3v) is 3.73. The van der Waals surface area contributed by atoms with Crippen LogP contribution in [0.25, 0.3) is 0 Å². The molecule has 116 valence electrons. The van der Waals surface area contributed by atoms with Crippen LogP contribution >= 0.6 is 0 Å². The maximum absolute atomic E-state index is 13.0. The lowest BCUT2D eigenvalue weighted by Gasteiger charge is -2.25. The van der Waals surface area contributed by atoms with E-state index in [0.717, 1.165) is 25.3 Å². The first-order chi connectivity index (χ1) is 9.91. The van der Waals surface area contributed by atoms with Gasteiger partial charge in [0, 0.05) is 24.3 Å². The fourth-order valence-electron chi connectivity index (χ4n) is 2.30. The second-order valence-electron chi connectivity index (χ2n) is 5.30. The van der Waals surface area contributed by atoms with Crippen LogP contribution in [0.4, 0.5) is 18.9 Å². The van der Waals surface area contributed by atoms with Gasteiger partial charge < -0.3 is 10.6 Å². The predicted octanol–water partition coefficient (Wildman–Crippen LogP) is 3.67. The highest BCUT2D eigenvalue weighted by molar-refractivity contribution is 5.95. The number of benzene rings is 1. The number of alkyl halides is 3. The van der Waals surface area contributed by atoms with E-state index in [1.54, 1.807) is 6.92 Å². The van der Waals surface area contributed by atoms with Gasteiger partial charge >= 0.3 is 6.18 Å². The zero-order valence-electron chi connectivity index (χ0n) is 11.9. The summed E-state index contributed by atoms with van der Waals surface area (Å²) in [6.07, 6.45) is -1.17. The van der Waals surface area contributed by atoms with E-state index in [-0.39, 0.29) is 11.3 Å². The lowest BCUT2D eigenvalue weighted by molar-refractivity contribution is -0.137. The van der Waals surface area contributed by atoms with E-state index in [1.807, 2.05) is 0 Å². The van der Waals surface area contributed by atoms with Crippen LogP contribution in [0.5, 0.6) is 0 Å². The van der Waals surface area contributed by atoms with Crippen LogP contribution in [0, 0.1) is 5.92 Å². The van der Waals surface area contributed by atoms with Crippen LogP contribution in [-0.2, 0) is 6.18 Å². The van der Waals surface area contributed by atoms with Crippen LogP contribution in [0.15, 0.2) is 18.2 Å². The first kappa shape index (κ1) is 15.7. The summed E-state index contributed by atoms with van der Waals surface area (Å²) in [4.78, 5) is 11.9. The first-order valence-corrected chi connectivity index (χ1v) is 7.15. The van der Waals surface area contributed by atoms with Gasteiger partial charge in [-0.1, -0.05) is 6.42 Å². The highest BCUT2D eigenvalue weighted by Crippen LogP contribution is 2.35. The van der Waals surface area contributed by atoms with E-state index in [2.05, 4.69) is 10.6 Å². The van der Waals surface area contributed by atoms with Crippen molar-refractivity contribution in [3.8, 4) is 0 Å². The first-order valence-electron chi connectivity index (χ1n) is 7.15. The summed E-state index contributed by atoms with van der Waals surface area (Å²) in [6.45, 7) is 2.64. The normalized spacial score (nSPS) is 15.4. The van der Waals surface area contributed by atoms with Gasteiger partial charge in [-0.15, -0.1) is 0 Å². The van der Waals surface area contributed by atoms with Gasteiger partial charge in [0.25, 0.3) is 5.91 Å². The number of amides is 1. The standard InChI is InChI=1S/C15H19F3N2O/c1-2-19-13-7-6-11(8-12(13)15(16,17)18)14(21)20-9-10-4-3-5-10/h6-8,10,19H,2-5,9H2,1H3,(H,20,21). The molecule has 0 aliphatic heterocycles. The van der Waals surface area contributed by atoms with E-state index >= 15 is 0 Å². The van der Waals surface area contributed by atoms with Crippen LogP contribution < -0.4 is 10.6 Å². The minimum absolute atomic E-state index is 0.000503. The Labute approximate surface area is 121 Å². The van der Waals surface area contributed by atoms with Gasteiger partial charge in [0.1, 0.15) is 0 Å². The van der Waals surface area contributed by atoms with Crippen molar-refractivity contribution in [2.45, 2.75) is 32.4 Å². The molecular weight excluding hydrogens is 281 g/mol. The third kappa shape index (κ3) is 3.89. The van der Waals surface area contributed by atoms with E-state index < -0.39 is 17.6 Å². The molecule has 2 rings (SSSR count). The molecule has 0 saturated heterocycles. The maximum atomic E-state index is 13.0. The second kappa shape index (κ2) is 6.37. The number of hydrogen-bond acceptors (Lipinski definition) is 2. The maximum Gasteiger partial charge on any atom is 0.418 e. The summed E-state index contributed by atoms with van der Waals surface area (Å²) >= 11 is 0. The number of carbonyl (C=O) groups is 1. The van der Waals surface area contributed by atoms with Gasteiger partial charge in [-0.25, -0.2) is 0 Å². The highest BCUT2D eigenvalue weighted by Gasteiger charge is 2.34. The Morgan fingerprint density at radius 2 is 2.05 bits per heavy atom. The van der Waals surface area contributed by atoms with Crippen molar-refractivity contribution in [2.24, 2.45) is 5.92 Å². The number of rotatable bonds is 5. The minimum Gasteiger partial charge on any atom is -0.385 e. The molecule has 0 atom stereocenters. The zero-order chi connectivity index (χ0) is 15.5. The smallest absolute Gasteiger partial charge is 0.385 e. The van der Waals surface area contributed by atoms with Crippen LogP contribution in [0.3, 0.4) is 0 Å². The summed E-state index contributed by atoms with van der Waals surface area (Å²) < 4.78 is 39.1. The van der Waals surface area contributed by atoms with Crippen LogP contribution in [-0.4, -0.2) is 19.0 Å². The van der Waals surface area contributed by atoms with E-state index in [9.17, 15) is 18.0 Å². The van der Waals surface area contributed by atoms with Gasteiger partial charge in [0.2, 0.25) is 0 Å². The number of anilines is 1. The molecule has 1 aromatic rings. The molecule has 1 saturated carbocycles. The molecule has 3 nitrogen and oxygen atoms in total. The largest absolute Gasteiger partial charge is 0.418 e.